The van der Waals surface area contributed by atoms with Gasteiger partial charge in [-0.25, -0.2) is 9.78 Å². The predicted molar refractivity (Wildman–Crippen MR) is 120 cm³/mol. The van der Waals surface area contributed by atoms with Gasteiger partial charge >= 0.3 is 6.03 Å². The number of nitrogens with zero attached hydrogens (tertiary/aromatic N) is 2. The maximum absolute atomic E-state index is 13.2. The minimum Gasteiger partial charge on any atom is -0.444 e. The van der Waals surface area contributed by atoms with Crippen LogP contribution in [-0.4, -0.2) is 39.8 Å². The number of amides is 4. The number of carbonyl (C=O) groups excluding carboxylic acids is 3. The standard InChI is InChI=1S/C24H30N4O4/c1-4-23(2,3)17-8-10-24(11-9-17)21(30)28(22(31)27-24)14-20(29)26-18-7-5-6-16(12-18)19-13-25-15-32-19/h5-7,12-13,15,17H,4,8-11,14H2,1-3H3,(H,26,29)(H,27,31). The van der Waals surface area contributed by atoms with Gasteiger partial charge in [0.1, 0.15) is 12.1 Å². The molecular formula is C24H30N4O4. The third-order valence-electron chi connectivity index (χ3n) is 7.27. The zero-order valence-electron chi connectivity index (χ0n) is 18.8. The lowest BCUT2D eigenvalue weighted by molar-refractivity contribution is -0.135. The number of rotatable bonds is 6. The molecule has 0 radical (unpaired) electrons. The zero-order chi connectivity index (χ0) is 22.9. The van der Waals surface area contributed by atoms with E-state index in [-0.39, 0.29) is 17.9 Å². The highest BCUT2D eigenvalue weighted by Crippen LogP contribution is 2.45. The van der Waals surface area contributed by atoms with Gasteiger partial charge in [-0.1, -0.05) is 39.3 Å². The molecule has 4 rings (SSSR count). The van der Waals surface area contributed by atoms with Crippen LogP contribution in [0, 0.1) is 11.3 Å². The highest BCUT2D eigenvalue weighted by Gasteiger charge is 2.53. The summed E-state index contributed by atoms with van der Waals surface area (Å²) in [5, 5.41) is 5.66. The molecule has 1 saturated heterocycles. The maximum Gasteiger partial charge on any atom is 0.325 e. The van der Waals surface area contributed by atoms with Crippen LogP contribution in [-0.2, 0) is 9.59 Å². The first kappa shape index (κ1) is 22.0. The van der Waals surface area contributed by atoms with E-state index in [1.54, 1.807) is 24.4 Å². The number of nitrogens with one attached hydrogen (secondary N) is 2. The summed E-state index contributed by atoms with van der Waals surface area (Å²) in [6.45, 7) is 6.40. The van der Waals surface area contributed by atoms with Crippen LogP contribution in [0.5, 0.6) is 0 Å². The summed E-state index contributed by atoms with van der Waals surface area (Å²) in [6.07, 6.45) is 7.01. The van der Waals surface area contributed by atoms with E-state index in [0.29, 0.717) is 30.2 Å². The van der Waals surface area contributed by atoms with Crippen molar-refractivity contribution in [3.05, 3.63) is 36.9 Å². The van der Waals surface area contributed by atoms with Crippen LogP contribution in [0.2, 0.25) is 0 Å². The van der Waals surface area contributed by atoms with Crippen molar-refractivity contribution in [3.8, 4) is 11.3 Å². The van der Waals surface area contributed by atoms with E-state index in [0.717, 1.165) is 29.7 Å². The van der Waals surface area contributed by atoms with Gasteiger partial charge in [-0.3, -0.25) is 14.5 Å². The molecule has 2 fully saturated rings. The molecule has 1 aromatic carbocycles. The number of urea groups is 1. The van der Waals surface area contributed by atoms with Crippen molar-refractivity contribution < 1.29 is 18.8 Å². The van der Waals surface area contributed by atoms with E-state index < -0.39 is 17.5 Å². The second kappa shape index (κ2) is 8.41. The van der Waals surface area contributed by atoms with Crippen LogP contribution >= 0.6 is 0 Å². The van der Waals surface area contributed by atoms with Crippen molar-refractivity contribution in [1.82, 2.24) is 15.2 Å². The number of carbonyl (C=O) groups is 3. The Hall–Kier alpha value is -3.16. The highest BCUT2D eigenvalue weighted by molar-refractivity contribution is 6.10. The quantitative estimate of drug-likeness (QED) is 0.658. The number of hydrogen-bond donors (Lipinski definition) is 2. The summed E-state index contributed by atoms with van der Waals surface area (Å²) in [4.78, 5) is 43.3. The first-order chi connectivity index (χ1) is 15.2. The van der Waals surface area contributed by atoms with Gasteiger partial charge in [0, 0.05) is 11.3 Å². The fourth-order valence-corrected chi connectivity index (χ4v) is 4.79. The average molecular weight is 439 g/mol. The molecule has 1 saturated carbocycles. The monoisotopic (exact) mass is 438 g/mol. The minimum absolute atomic E-state index is 0.215. The summed E-state index contributed by atoms with van der Waals surface area (Å²) < 4.78 is 5.28. The largest absolute Gasteiger partial charge is 0.444 e. The fourth-order valence-electron chi connectivity index (χ4n) is 4.79. The lowest BCUT2D eigenvalue weighted by Gasteiger charge is -2.42. The van der Waals surface area contributed by atoms with Gasteiger partial charge in [0.2, 0.25) is 5.91 Å². The third-order valence-corrected chi connectivity index (χ3v) is 7.27. The van der Waals surface area contributed by atoms with Crippen LogP contribution in [0.25, 0.3) is 11.3 Å². The highest BCUT2D eigenvalue weighted by atomic mass is 16.3. The number of aromatic nitrogens is 1. The Morgan fingerprint density at radius 1 is 1.31 bits per heavy atom. The number of anilines is 1. The van der Waals surface area contributed by atoms with Crippen LogP contribution < -0.4 is 10.6 Å². The van der Waals surface area contributed by atoms with Crippen LogP contribution in [0.3, 0.4) is 0 Å². The molecule has 170 valence electrons. The van der Waals surface area contributed by atoms with E-state index in [1.165, 1.54) is 6.39 Å². The molecule has 2 aromatic rings. The Kier molecular flexibility index (Phi) is 5.79. The molecule has 1 aromatic heterocycles. The Labute approximate surface area is 187 Å². The Balaban J connectivity index is 1.39. The van der Waals surface area contributed by atoms with Crippen molar-refractivity contribution in [2.45, 2.75) is 58.4 Å². The predicted octanol–water partition coefficient (Wildman–Crippen LogP) is 4.20. The van der Waals surface area contributed by atoms with Crippen molar-refractivity contribution in [3.63, 3.8) is 0 Å². The molecule has 8 nitrogen and oxygen atoms in total. The van der Waals surface area contributed by atoms with Crippen LogP contribution in [0.1, 0.15) is 52.9 Å². The fraction of sp³-hybridized carbons (Fsp3) is 0.500. The van der Waals surface area contributed by atoms with Crippen LogP contribution in [0.15, 0.2) is 41.3 Å². The van der Waals surface area contributed by atoms with E-state index in [2.05, 4.69) is 36.4 Å². The molecule has 2 heterocycles. The molecule has 1 spiro atoms. The first-order valence-electron chi connectivity index (χ1n) is 11.2. The topological polar surface area (TPSA) is 105 Å². The molecular weight excluding hydrogens is 408 g/mol. The lowest BCUT2D eigenvalue weighted by Crippen LogP contribution is -2.51. The van der Waals surface area contributed by atoms with Crippen molar-refractivity contribution in [1.29, 1.82) is 0 Å². The third kappa shape index (κ3) is 4.13. The summed E-state index contributed by atoms with van der Waals surface area (Å²) in [5.74, 6) is 0.387. The molecule has 8 heteroatoms. The second-order valence-electron chi connectivity index (χ2n) is 9.51. The normalized spacial score (nSPS) is 23.5. The van der Waals surface area contributed by atoms with Gasteiger partial charge in [0.05, 0.1) is 6.20 Å². The summed E-state index contributed by atoms with van der Waals surface area (Å²) >= 11 is 0. The van der Waals surface area contributed by atoms with Crippen molar-refractivity contribution >= 4 is 23.5 Å². The molecule has 2 N–H and O–H groups in total. The molecule has 0 atom stereocenters. The first-order valence-corrected chi connectivity index (χ1v) is 11.2. The Bertz CT molecular complexity index is 1010. The SMILES string of the molecule is CCC(C)(C)C1CCC2(CC1)NC(=O)N(CC(=O)Nc1cccc(-c3cnco3)c1)C2=O. The summed E-state index contributed by atoms with van der Waals surface area (Å²) in [6, 6.07) is 6.62. The van der Waals surface area contributed by atoms with Gasteiger partial charge in [0.15, 0.2) is 12.2 Å². The van der Waals surface area contributed by atoms with Crippen LogP contribution in [0.4, 0.5) is 10.5 Å². The summed E-state index contributed by atoms with van der Waals surface area (Å²) in [7, 11) is 0. The smallest absolute Gasteiger partial charge is 0.325 e. The second-order valence-corrected chi connectivity index (χ2v) is 9.51. The maximum atomic E-state index is 13.2. The van der Waals surface area contributed by atoms with E-state index in [1.807, 2.05) is 6.07 Å². The van der Waals surface area contributed by atoms with Gasteiger partial charge in [-0.05, 0) is 49.1 Å². The Morgan fingerprint density at radius 2 is 2.06 bits per heavy atom. The minimum atomic E-state index is -0.871. The molecule has 1 aliphatic heterocycles. The van der Waals surface area contributed by atoms with Gasteiger partial charge in [-0.15, -0.1) is 0 Å². The molecule has 2 aliphatic rings. The van der Waals surface area contributed by atoms with Gasteiger partial charge < -0.3 is 15.1 Å². The molecule has 1 aliphatic carbocycles. The average Bonchev–Trinajstić information content (AvgIpc) is 3.38. The molecule has 4 amide bonds. The van der Waals surface area contributed by atoms with Crippen molar-refractivity contribution in [2.24, 2.45) is 11.3 Å². The summed E-state index contributed by atoms with van der Waals surface area (Å²) in [5.41, 5.74) is 0.658. The molecule has 0 bridgehead atoms. The number of hydrogen-bond acceptors (Lipinski definition) is 5. The van der Waals surface area contributed by atoms with Crippen molar-refractivity contribution in [2.75, 3.05) is 11.9 Å². The number of oxazole rings is 1. The Morgan fingerprint density at radius 3 is 2.72 bits per heavy atom. The van der Waals surface area contributed by atoms with E-state index in [4.69, 9.17) is 4.42 Å². The van der Waals surface area contributed by atoms with E-state index in [9.17, 15) is 14.4 Å². The van der Waals surface area contributed by atoms with E-state index >= 15 is 0 Å². The molecule has 32 heavy (non-hydrogen) atoms. The molecule has 0 unspecified atom stereocenters. The lowest BCUT2D eigenvalue weighted by atomic mass is 9.65. The van der Waals surface area contributed by atoms with Gasteiger partial charge in [0.25, 0.3) is 5.91 Å². The number of benzene rings is 1. The van der Waals surface area contributed by atoms with Gasteiger partial charge in [-0.2, -0.15) is 0 Å². The number of imide groups is 1. The zero-order valence-corrected chi connectivity index (χ0v) is 18.8.